The molecular formula is C11H11FN2O3. The topological polar surface area (TPSA) is 67.4 Å². The van der Waals surface area contributed by atoms with Crippen LogP contribution in [0, 0.1) is 5.82 Å². The molecule has 1 unspecified atom stereocenters. The maximum absolute atomic E-state index is 13.5. The summed E-state index contributed by atoms with van der Waals surface area (Å²) in [6.45, 7) is 0.246. The summed E-state index contributed by atoms with van der Waals surface area (Å²) in [7, 11) is 1.38. The molecule has 2 rings (SSSR count). The van der Waals surface area contributed by atoms with Crippen LogP contribution in [0.3, 0.4) is 0 Å². The van der Waals surface area contributed by atoms with Gasteiger partial charge in [-0.1, -0.05) is 6.07 Å². The van der Waals surface area contributed by atoms with Crippen molar-refractivity contribution in [3.05, 3.63) is 29.6 Å². The van der Waals surface area contributed by atoms with Crippen molar-refractivity contribution < 1.29 is 18.7 Å². The molecule has 90 valence electrons. The summed E-state index contributed by atoms with van der Waals surface area (Å²) in [6.07, 6.45) is 0. The van der Waals surface area contributed by atoms with Gasteiger partial charge in [0.2, 0.25) is 0 Å². The van der Waals surface area contributed by atoms with E-state index in [0.29, 0.717) is 5.56 Å². The standard InChI is InChI=1S/C11H11FN2O3/c1-17-9-3-2-6(4-7(9)12)8-5-13-10(15)11(16)14-8/h2-4,8H,5H2,1H3,(H,13,15)(H,14,16). The fraction of sp³-hybridized carbons (Fsp3) is 0.273. The zero-order valence-electron chi connectivity index (χ0n) is 9.12. The van der Waals surface area contributed by atoms with Crippen molar-refractivity contribution >= 4 is 11.8 Å². The lowest BCUT2D eigenvalue weighted by atomic mass is 10.0. The fourth-order valence-corrected chi connectivity index (χ4v) is 1.65. The Bertz CT molecular complexity index is 476. The van der Waals surface area contributed by atoms with E-state index in [2.05, 4.69) is 10.6 Å². The van der Waals surface area contributed by atoms with Gasteiger partial charge < -0.3 is 15.4 Å². The largest absolute Gasteiger partial charge is 0.494 e. The zero-order chi connectivity index (χ0) is 12.4. The van der Waals surface area contributed by atoms with Crippen LogP contribution in [0.5, 0.6) is 5.75 Å². The molecule has 1 saturated heterocycles. The van der Waals surface area contributed by atoms with E-state index in [0.717, 1.165) is 0 Å². The number of hydrogen-bond donors (Lipinski definition) is 2. The summed E-state index contributed by atoms with van der Waals surface area (Å²) in [5.41, 5.74) is 0.580. The molecule has 5 nitrogen and oxygen atoms in total. The van der Waals surface area contributed by atoms with Gasteiger partial charge in [-0.25, -0.2) is 4.39 Å². The number of nitrogens with one attached hydrogen (secondary N) is 2. The van der Waals surface area contributed by atoms with Crippen LogP contribution in [0.2, 0.25) is 0 Å². The molecule has 1 fully saturated rings. The number of methoxy groups -OCH3 is 1. The van der Waals surface area contributed by atoms with Crippen molar-refractivity contribution in [3.8, 4) is 5.75 Å². The Morgan fingerprint density at radius 3 is 2.71 bits per heavy atom. The number of amides is 2. The molecule has 1 heterocycles. The number of piperazine rings is 1. The highest BCUT2D eigenvalue weighted by Gasteiger charge is 2.26. The SMILES string of the molecule is COc1ccc(C2CNC(=O)C(=O)N2)cc1F. The van der Waals surface area contributed by atoms with Gasteiger partial charge in [0.1, 0.15) is 0 Å². The van der Waals surface area contributed by atoms with Crippen LogP contribution in [-0.2, 0) is 9.59 Å². The third-order valence-electron chi connectivity index (χ3n) is 2.56. The molecule has 17 heavy (non-hydrogen) atoms. The van der Waals surface area contributed by atoms with Crippen molar-refractivity contribution in [1.29, 1.82) is 0 Å². The highest BCUT2D eigenvalue weighted by Crippen LogP contribution is 2.22. The van der Waals surface area contributed by atoms with Crippen LogP contribution in [0.1, 0.15) is 11.6 Å². The van der Waals surface area contributed by atoms with E-state index in [1.165, 1.54) is 19.2 Å². The first-order valence-electron chi connectivity index (χ1n) is 5.04. The smallest absolute Gasteiger partial charge is 0.309 e. The molecule has 1 aromatic rings. The molecule has 1 aliphatic heterocycles. The lowest BCUT2D eigenvalue weighted by Gasteiger charge is -2.24. The molecule has 1 aromatic carbocycles. The Balaban J connectivity index is 2.20. The van der Waals surface area contributed by atoms with Crippen LogP contribution in [0.15, 0.2) is 18.2 Å². The minimum absolute atomic E-state index is 0.139. The molecule has 0 saturated carbocycles. The van der Waals surface area contributed by atoms with Gasteiger partial charge in [0.05, 0.1) is 13.2 Å². The van der Waals surface area contributed by atoms with E-state index in [9.17, 15) is 14.0 Å². The first-order chi connectivity index (χ1) is 8.11. The van der Waals surface area contributed by atoms with Crippen molar-refractivity contribution in [2.45, 2.75) is 6.04 Å². The second-order valence-electron chi connectivity index (χ2n) is 3.63. The second-order valence-corrected chi connectivity index (χ2v) is 3.63. The van der Waals surface area contributed by atoms with E-state index < -0.39 is 23.7 Å². The van der Waals surface area contributed by atoms with Crippen LogP contribution in [0.25, 0.3) is 0 Å². The predicted molar refractivity (Wildman–Crippen MR) is 56.8 cm³/mol. The highest BCUT2D eigenvalue weighted by molar-refractivity contribution is 6.35. The maximum Gasteiger partial charge on any atom is 0.309 e. The molecule has 0 aromatic heterocycles. The Labute approximate surface area is 97.0 Å². The van der Waals surface area contributed by atoms with Crippen LogP contribution in [0.4, 0.5) is 4.39 Å². The lowest BCUT2D eigenvalue weighted by Crippen LogP contribution is -2.51. The predicted octanol–water partition coefficient (Wildman–Crippen LogP) is 0.121. The summed E-state index contributed by atoms with van der Waals surface area (Å²) in [4.78, 5) is 22.1. The number of rotatable bonds is 2. The van der Waals surface area contributed by atoms with E-state index in [1.54, 1.807) is 6.07 Å². The normalized spacial score (nSPS) is 19.5. The Hall–Kier alpha value is -2.11. The Morgan fingerprint density at radius 1 is 1.35 bits per heavy atom. The Kier molecular flexibility index (Phi) is 2.95. The lowest BCUT2D eigenvalue weighted by molar-refractivity contribution is -0.141. The van der Waals surface area contributed by atoms with Gasteiger partial charge in [0, 0.05) is 6.54 Å². The maximum atomic E-state index is 13.5. The number of benzene rings is 1. The minimum Gasteiger partial charge on any atom is -0.494 e. The van der Waals surface area contributed by atoms with Crippen molar-refractivity contribution in [1.82, 2.24) is 10.6 Å². The number of ether oxygens (including phenoxy) is 1. The van der Waals surface area contributed by atoms with E-state index in [-0.39, 0.29) is 12.3 Å². The summed E-state index contributed by atoms with van der Waals surface area (Å²) in [6, 6.07) is 3.99. The van der Waals surface area contributed by atoms with Crippen molar-refractivity contribution in [3.63, 3.8) is 0 Å². The van der Waals surface area contributed by atoms with Crippen LogP contribution < -0.4 is 15.4 Å². The van der Waals surface area contributed by atoms with E-state index in [1.807, 2.05) is 0 Å². The van der Waals surface area contributed by atoms with Gasteiger partial charge in [-0.15, -0.1) is 0 Å². The molecule has 0 aliphatic carbocycles. The molecule has 1 aliphatic rings. The molecule has 2 amide bonds. The molecule has 6 heteroatoms. The number of carbonyl (C=O) groups is 2. The third-order valence-corrected chi connectivity index (χ3v) is 2.56. The van der Waals surface area contributed by atoms with Gasteiger partial charge >= 0.3 is 11.8 Å². The van der Waals surface area contributed by atoms with E-state index in [4.69, 9.17) is 4.74 Å². The summed E-state index contributed by atoms with van der Waals surface area (Å²) in [5, 5.41) is 4.91. The monoisotopic (exact) mass is 238 g/mol. The zero-order valence-corrected chi connectivity index (χ0v) is 9.12. The number of hydrogen-bond acceptors (Lipinski definition) is 3. The van der Waals surface area contributed by atoms with Gasteiger partial charge in [-0.2, -0.15) is 0 Å². The number of carbonyl (C=O) groups excluding carboxylic acids is 2. The van der Waals surface area contributed by atoms with Gasteiger partial charge in [-0.05, 0) is 17.7 Å². The Morgan fingerprint density at radius 2 is 2.12 bits per heavy atom. The van der Waals surface area contributed by atoms with Gasteiger partial charge in [0.25, 0.3) is 0 Å². The summed E-state index contributed by atoms with van der Waals surface area (Å²) >= 11 is 0. The molecule has 0 radical (unpaired) electrons. The quantitative estimate of drug-likeness (QED) is 0.719. The molecule has 0 bridgehead atoms. The highest BCUT2D eigenvalue weighted by atomic mass is 19.1. The molecule has 2 N–H and O–H groups in total. The van der Waals surface area contributed by atoms with Crippen LogP contribution in [-0.4, -0.2) is 25.5 Å². The first-order valence-corrected chi connectivity index (χ1v) is 5.04. The van der Waals surface area contributed by atoms with Crippen molar-refractivity contribution in [2.75, 3.05) is 13.7 Å². The minimum atomic E-state index is -0.711. The third kappa shape index (κ3) is 2.20. The van der Waals surface area contributed by atoms with E-state index >= 15 is 0 Å². The average Bonchev–Trinajstić information content (AvgIpc) is 2.32. The first kappa shape index (κ1) is 11.4. The fourth-order valence-electron chi connectivity index (χ4n) is 1.65. The summed E-state index contributed by atoms with van der Waals surface area (Å²) < 4.78 is 18.2. The molecular weight excluding hydrogens is 227 g/mol. The van der Waals surface area contributed by atoms with Crippen molar-refractivity contribution in [2.24, 2.45) is 0 Å². The van der Waals surface area contributed by atoms with Gasteiger partial charge in [-0.3, -0.25) is 9.59 Å². The number of halogens is 1. The summed E-state index contributed by atoms with van der Waals surface area (Å²) in [5.74, 6) is -1.75. The molecule has 0 spiro atoms. The second kappa shape index (κ2) is 4.40. The average molecular weight is 238 g/mol. The molecule has 1 atom stereocenters. The van der Waals surface area contributed by atoms with Gasteiger partial charge in [0.15, 0.2) is 11.6 Å². The van der Waals surface area contributed by atoms with Crippen LogP contribution >= 0.6 is 0 Å².